The van der Waals surface area contributed by atoms with Gasteiger partial charge in [0.15, 0.2) is 0 Å². The summed E-state index contributed by atoms with van der Waals surface area (Å²) in [5.41, 5.74) is 0.857. The normalized spacial score (nSPS) is 17.2. The van der Waals surface area contributed by atoms with Gasteiger partial charge in [0.05, 0.1) is 21.3 Å². The van der Waals surface area contributed by atoms with Crippen molar-refractivity contribution in [3.8, 4) is 5.75 Å². The van der Waals surface area contributed by atoms with Gasteiger partial charge in [-0.05, 0) is 24.3 Å². The highest BCUT2D eigenvalue weighted by Crippen LogP contribution is 2.21. The van der Waals surface area contributed by atoms with Crippen molar-refractivity contribution in [3.05, 3.63) is 55.5 Å². The van der Waals surface area contributed by atoms with Crippen LogP contribution in [-0.2, 0) is 0 Å². The van der Waals surface area contributed by atoms with Crippen molar-refractivity contribution < 1.29 is 5.11 Å². The highest BCUT2D eigenvalue weighted by atomic mass is 35.5. The zero-order valence-corrected chi connectivity index (χ0v) is 12.4. The number of aromatic nitrogens is 1. The lowest BCUT2D eigenvalue weighted by Gasteiger charge is -2.04. The van der Waals surface area contributed by atoms with Gasteiger partial charge in [0.25, 0.3) is 5.56 Å². The maximum Gasteiger partial charge on any atom is 0.289 e. The van der Waals surface area contributed by atoms with E-state index in [0.717, 1.165) is 4.53 Å². The van der Waals surface area contributed by atoms with Gasteiger partial charge >= 0.3 is 0 Å². The predicted octanol–water partition coefficient (Wildman–Crippen LogP) is 1.47. The fourth-order valence-electron chi connectivity index (χ4n) is 1.89. The first-order valence-electron chi connectivity index (χ1n) is 6.23. The number of rotatable bonds is 2. The molecule has 0 amide bonds. The molecule has 0 aliphatic heterocycles. The number of hydrogen-bond acceptors (Lipinski definition) is 5. The molecule has 2 N–H and O–H groups in total. The highest BCUT2D eigenvalue weighted by molar-refractivity contribution is 7.07. The zero-order chi connectivity index (χ0) is 14.8. The third kappa shape index (κ3) is 2.99. The van der Waals surface area contributed by atoms with Crippen LogP contribution in [0.3, 0.4) is 0 Å². The predicted molar refractivity (Wildman–Crippen MR) is 87.0 cm³/mol. The van der Waals surface area contributed by atoms with Crippen molar-refractivity contribution in [2.24, 2.45) is 0 Å². The molecule has 1 unspecified atom stereocenters. The third-order valence-electron chi connectivity index (χ3n) is 2.92. The van der Waals surface area contributed by atoms with Crippen LogP contribution in [0.25, 0.3) is 18.4 Å². The van der Waals surface area contributed by atoms with E-state index in [2.05, 4.69) is 10.3 Å². The van der Waals surface area contributed by atoms with E-state index in [0.29, 0.717) is 15.9 Å². The number of phenols is 1. The molecule has 4 nitrogen and oxygen atoms in total. The number of alkyl halides is 1. The summed E-state index contributed by atoms with van der Waals surface area (Å²) >= 11 is 7.34. The number of fused-ring (bicyclic) bond motifs is 1. The molecule has 1 aliphatic carbocycles. The summed E-state index contributed by atoms with van der Waals surface area (Å²) in [6, 6.07) is 6.81. The van der Waals surface area contributed by atoms with E-state index in [1.165, 1.54) is 11.3 Å². The van der Waals surface area contributed by atoms with Crippen molar-refractivity contribution >= 4 is 47.0 Å². The van der Waals surface area contributed by atoms with Gasteiger partial charge in [-0.2, -0.15) is 0 Å². The molecule has 0 saturated heterocycles. The van der Waals surface area contributed by atoms with E-state index in [9.17, 15) is 9.90 Å². The molecule has 1 heterocycles. The monoisotopic (exact) mass is 318 g/mol. The van der Waals surface area contributed by atoms with Gasteiger partial charge in [0, 0.05) is 6.20 Å². The fourth-order valence-corrected chi connectivity index (χ4v) is 3.08. The molecule has 0 saturated carbocycles. The summed E-state index contributed by atoms with van der Waals surface area (Å²) in [5.74, 6) is 0.118. The molecule has 106 valence electrons. The Morgan fingerprint density at radius 1 is 1.38 bits per heavy atom. The molecule has 0 spiro atoms. The molecule has 1 aliphatic rings. The summed E-state index contributed by atoms with van der Waals surface area (Å²) in [7, 11) is 0. The lowest BCUT2D eigenvalue weighted by molar-refractivity contribution is 0.478. The molecule has 0 fully saturated rings. The molecular formula is C15H11ClN2O2S. The fraction of sp³-hybridized carbons (Fsp3) is 0.0667. The first-order chi connectivity index (χ1) is 10.1. The van der Waals surface area contributed by atoms with Crippen LogP contribution in [0, 0.1) is 0 Å². The maximum absolute atomic E-state index is 12.0. The second-order valence-corrected chi connectivity index (χ2v) is 6.00. The number of allylic oxidation sites excluding steroid dienone is 1. The number of halogens is 1. The number of para-hydroxylation sites is 2. The van der Waals surface area contributed by atoms with Gasteiger partial charge < -0.3 is 10.4 Å². The lowest BCUT2D eigenvalue weighted by atomic mass is 10.2. The Balaban J connectivity index is 2.04. The van der Waals surface area contributed by atoms with Crippen molar-refractivity contribution in [2.75, 3.05) is 5.32 Å². The van der Waals surface area contributed by atoms with Gasteiger partial charge in [-0.1, -0.05) is 18.2 Å². The number of benzene rings is 1. The smallest absolute Gasteiger partial charge is 0.289 e. The Kier molecular flexibility index (Phi) is 3.77. The summed E-state index contributed by atoms with van der Waals surface area (Å²) in [6.45, 7) is 0. The molecule has 21 heavy (non-hydrogen) atoms. The molecule has 1 atom stereocenters. The molecule has 0 radical (unpaired) electrons. The van der Waals surface area contributed by atoms with E-state index in [-0.39, 0.29) is 16.7 Å². The SMILES string of the molecule is O=c1nc2c(s/c1=C/Nc1ccccc1O)=CC(Cl)C=C2. The standard InChI is InChI=1S/C15H11ClN2O2S/c16-9-5-6-11-13(7-9)21-14(15(20)18-11)8-17-10-3-1-2-4-12(10)19/h1-9,17,19H/b14-8+. The molecule has 1 aromatic heterocycles. The second kappa shape index (κ2) is 5.71. The van der Waals surface area contributed by atoms with E-state index in [1.807, 2.05) is 6.08 Å². The molecule has 3 rings (SSSR count). The Morgan fingerprint density at radius 2 is 2.19 bits per heavy atom. The van der Waals surface area contributed by atoms with E-state index in [1.54, 1.807) is 42.6 Å². The average Bonchev–Trinajstić information content (AvgIpc) is 2.47. The third-order valence-corrected chi connectivity index (χ3v) is 4.27. The highest BCUT2D eigenvalue weighted by Gasteiger charge is 2.06. The maximum atomic E-state index is 12.0. The van der Waals surface area contributed by atoms with Gasteiger partial charge in [0.2, 0.25) is 0 Å². The molecular weight excluding hydrogens is 308 g/mol. The summed E-state index contributed by atoms with van der Waals surface area (Å²) in [4.78, 5) is 16.0. The minimum absolute atomic E-state index is 0.118. The molecule has 2 aromatic rings. The van der Waals surface area contributed by atoms with Crippen molar-refractivity contribution in [2.45, 2.75) is 5.38 Å². The number of anilines is 1. The summed E-state index contributed by atoms with van der Waals surface area (Å²) in [5, 5.41) is 12.4. The molecule has 1 aromatic carbocycles. The Hall–Kier alpha value is -2.11. The van der Waals surface area contributed by atoms with Gasteiger partial charge in [0.1, 0.15) is 10.3 Å². The number of aromatic hydroxyl groups is 1. The largest absolute Gasteiger partial charge is 0.506 e. The first kappa shape index (κ1) is 13.9. The van der Waals surface area contributed by atoms with Crippen LogP contribution >= 0.6 is 22.9 Å². The minimum Gasteiger partial charge on any atom is -0.506 e. The van der Waals surface area contributed by atoms with Crippen LogP contribution in [0.1, 0.15) is 5.69 Å². The quantitative estimate of drug-likeness (QED) is 0.650. The van der Waals surface area contributed by atoms with Crippen LogP contribution in [0.2, 0.25) is 0 Å². The first-order valence-corrected chi connectivity index (χ1v) is 7.49. The lowest BCUT2D eigenvalue weighted by Crippen LogP contribution is -2.32. The topological polar surface area (TPSA) is 62.2 Å². The van der Waals surface area contributed by atoms with Crippen molar-refractivity contribution in [1.29, 1.82) is 0 Å². The van der Waals surface area contributed by atoms with E-state index in [4.69, 9.17) is 11.6 Å². The van der Waals surface area contributed by atoms with Crippen LogP contribution in [0.15, 0.2) is 35.1 Å². The van der Waals surface area contributed by atoms with Crippen LogP contribution in [0.5, 0.6) is 5.75 Å². The van der Waals surface area contributed by atoms with Crippen LogP contribution in [-0.4, -0.2) is 15.5 Å². The number of hydrogen-bond donors (Lipinski definition) is 2. The van der Waals surface area contributed by atoms with Crippen molar-refractivity contribution in [3.63, 3.8) is 0 Å². The van der Waals surface area contributed by atoms with Gasteiger partial charge in [-0.3, -0.25) is 4.79 Å². The van der Waals surface area contributed by atoms with Gasteiger partial charge in [-0.25, -0.2) is 4.98 Å². The number of phenolic OH excluding ortho intramolecular Hbond substituents is 1. The summed E-state index contributed by atoms with van der Waals surface area (Å²) < 4.78 is 1.31. The molecule has 0 bridgehead atoms. The van der Waals surface area contributed by atoms with Crippen molar-refractivity contribution in [1.82, 2.24) is 4.98 Å². The second-order valence-electron chi connectivity index (χ2n) is 4.41. The number of nitrogens with one attached hydrogen (secondary N) is 1. The van der Waals surface area contributed by atoms with E-state index < -0.39 is 0 Å². The van der Waals surface area contributed by atoms with Crippen LogP contribution in [0.4, 0.5) is 5.69 Å². The average molecular weight is 319 g/mol. The number of nitrogens with zero attached hydrogens (tertiary/aromatic N) is 1. The Bertz CT molecular complexity index is 889. The molecule has 6 heteroatoms. The van der Waals surface area contributed by atoms with Crippen LogP contribution < -0.4 is 19.9 Å². The minimum atomic E-state index is -0.312. The zero-order valence-electron chi connectivity index (χ0n) is 10.8. The Morgan fingerprint density at radius 3 is 3.00 bits per heavy atom. The summed E-state index contributed by atoms with van der Waals surface area (Å²) in [6.07, 6.45) is 6.94. The van der Waals surface area contributed by atoms with E-state index >= 15 is 0 Å². The van der Waals surface area contributed by atoms with Gasteiger partial charge in [-0.15, -0.1) is 22.9 Å². The Labute approximate surface area is 129 Å².